The molecule has 0 radical (unpaired) electrons. The molecule has 2 aliphatic rings. The molecule has 0 spiro atoms. The number of piperidine rings is 1. The molecule has 2 atom stereocenters. The van der Waals surface area contributed by atoms with Crippen LogP contribution in [0.15, 0.2) is 6.07 Å². The Kier molecular flexibility index (Phi) is 2.90. The van der Waals surface area contributed by atoms with Crippen LogP contribution in [-0.2, 0) is 17.8 Å². The van der Waals surface area contributed by atoms with E-state index < -0.39 is 5.97 Å². The third kappa shape index (κ3) is 1.85. The molecule has 2 unspecified atom stereocenters. The van der Waals surface area contributed by atoms with E-state index in [0.29, 0.717) is 0 Å². The molecule has 0 amide bonds. The number of hydrogen-bond donors (Lipinski definition) is 2. The van der Waals surface area contributed by atoms with E-state index in [9.17, 15) is 4.79 Å². The molecule has 18 heavy (non-hydrogen) atoms. The zero-order valence-corrected chi connectivity index (χ0v) is 10.8. The molecule has 0 aliphatic carbocycles. The van der Waals surface area contributed by atoms with Gasteiger partial charge in [-0.2, -0.15) is 0 Å². The maximum Gasteiger partial charge on any atom is 0.320 e. The number of carboxylic acids is 1. The SMILES string of the molecule is Cc1cc(C2CCCC(C(=O)O)N2)n2c1CCC2. The number of carbonyl (C=O) groups is 1. The molecule has 1 fully saturated rings. The molecule has 1 aromatic heterocycles. The molecule has 4 heteroatoms. The summed E-state index contributed by atoms with van der Waals surface area (Å²) in [6, 6.07) is 2.08. The van der Waals surface area contributed by atoms with Crippen molar-refractivity contribution in [3.8, 4) is 0 Å². The molecule has 0 aromatic carbocycles. The number of fused-ring (bicyclic) bond motifs is 1. The molecule has 0 bridgehead atoms. The predicted molar refractivity (Wildman–Crippen MR) is 68.6 cm³/mol. The van der Waals surface area contributed by atoms with Gasteiger partial charge in [-0.3, -0.25) is 10.1 Å². The Hall–Kier alpha value is -1.29. The van der Waals surface area contributed by atoms with Gasteiger partial charge in [0.2, 0.25) is 0 Å². The summed E-state index contributed by atoms with van der Waals surface area (Å²) in [6.07, 6.45) is 5.18. The molecule has 3 rings (SSSR count). The van der Waals surface area contributed by atoms with Gasteiger partial charge in [0.25, 0.3) is 0 Å². The van der Waals surface area contributed by atoms with Crippen molar-refractivity contribution in [2.45, 2.75) is 57.7 Å². The molecule has 1 saturated heterocycles. The lowest BCUT2D eigenvalue weighted by Gasteiger charge is -2.29. The quantitative estimate of drug-likeness (QED) is 0.841. The van der Waals surface area contributed by atoms with Crippen molar-refractivity contribution in [1.82, 2.24) is 9.88 Å². The lowest BCUT2D eigenvalue weighted by molar-refractivity contribution is -0.140. The number of nitrogens with one attached hydrogen (secondary N) is 1. The van der Waals surface area contributed by atoms with Gasteiger partial charge in [-0.05, 0) is 50.7 Å². The first-order valence-corrected chi connectivity index (χ1v) is 6.84. The van der Waals surface area contributed by atoms with Crippen LogP contribution in [0.1, 0.15) is 48.7 Å². The average Bonchev–Trinajstić information content (AvgIpc) is 2.94. The maximum absolute atomic E-state index is 11.1. The summed E-state index contributed by atoms with van der Waals surface area (Å²) >= 11 is 0. The largest absolute Gasteiger partial charge is 0.480 e. The minimum absolute atomic E-state index is 0.213. The van der Waals surface area contributed by atoms with Crippen molar-refractivity contribution in [3.63, 3.8) is 0 Å². The maximum atomic E-state index is 11.1. The number of aryl methyl sites for hydroxylation is 1. The van der Waals surface area contributed by atoms with Gasteiger partial charge >= 0.3 is 5.97 Å². The van der Waals surface area contributed by atoms with E-state index in [1.807, 2.05) is 0 Å². The first kappa shape index (κ1) is 11.8. The van der Waals surface area contributed by atoms with E-state index in [0.717, 1.165) is 25.8 Å². The molecule has 0 saturated carbocycles. The van der Waals surface area contributed by atoms with Crippen LogP contribution in [0.5, 0.6) is 0 Å². The van der Waals surface area contributed by atoms with E-state index in [1.165, 1.54) is 29.8 Å². The molecule has 3 heterocycles. The van der Waals surface area contributed by atoms with Crippen LogP contribution in [0, 0.1) is 6.92 Å². The van der Waals surface area contributed by atoms with Crippen molar-refractivity contribution in [1.29, 1.82) is 0 Å². The summed E-state index contributed by atoms with van der Waals surface area (Å²) in [7, 11) is 0. The molecule has 98 valence electrons. The van der Waals surface area contributed by atoms with E-state index in [-0.39, 0.29) is 12.1 Å². The summed E-state index contributed by atoms with van der Waals surface area (Å²) in [5.41, 5.74) is 4.11. The fraction of sp³-hybridized carbons (Fsp3) is 0.643. The number of aromatic nitrogens is 1. The Labute approximate surface area is 107 Å². The summed E-state index contributed by atoms with van der Waals surface area (Å²) < 4.78 is 2.40. The first-order chi connectivity index (χ1) is 8.66. The molecule has 2 aliphatic heterocycles. The van der Waals surface area contributed by atoms with Crippen molar-refractivity contribution >= 4 is 5.97 Å². The van der Waals surface area contributed by atoms with E-state index in [4.69, 9.17) is 5.11 Å². The van der Waals surface area contributed by atoms with E-state index >= 15 is 0 Å². The lowest BCUT2D eigenvalue weighted by Crippen LogP contribution is -2.42. The zero-order valence-electron chi connectivity index (χ0n) is 10.8. The van der Waals surface area contributed by atoms with Crippen LogP contribution in [0.3, 0.4) is 0 Å². The van der Waals surface area contributed by atoms with Gasteiger partial charge in [0.15, 0.2) is 0 Å². The molecular formula is C14H20N2O2. The smallest absolute Gasteiger partial charge is 0.320 e. The highest BCUT2D eigenvalue weighted by molar-refractivity contribution is 5.73. The second-order valence-electron chi connectivity index (χ2n) is 5.50. The Morgan fingerprint density at radius 1 is 1.44 bits per heavy atom. The van der Waals surface area contributed by atoms with Crippen LogP contribution in [0.4, 0.5) is 0 Å². The number of hydrogen-bond acceptors (Lipinski definition) is 2. The van der Waals surface area contributed by atoms with Crippen molar-refractivity contribution in [3.05, 3.63) is 23.0 Å². The number of aliphatic carboxylic acids is 1. The Balaban J connectivity index is 1.86. The number of carboxylic acid groups (broad SMARTS) is 1. The molecule has 1 aromatic rings. The minimum Gasteiger partial charge on any atom is -0.480 e. The Morgan fingerprint density at radius 3 is 3.06 bits per heavy atom. The summed E-state index contributed by atoms with van der Waals surface area (Å²) in [5, 5.41) is 12.4. The van der Waals surface area contributed by atoms with Gasteiger partial charge in [-0.15, -0.1) is 0 Å². The fourth-order valence-electron chi connectivity index (χ4n) is 3.40. The van der Waals surface area contributed by atoms with Gasteiger partial charge in [-0.25, -0.2) is 0 Å². The van der Waals surface area contributed by atoms with Crippen LogP contribution in [0.2, 0.25) is 0 Å². The van der Waals surface area contributed by atoms with Crippen molar-refractivity contribution in [2.75, 3.05) is 0 Å². The predicted octanol–water partition coefficient (Wildman–Crippen LogP) is 2.01. The molecule has 2 N–H and O–H groups in total. The average molecular weight is 248 g/mol. The van der Waals surface area contributed by atoms with Crippen LogP contribution in [-0.4, -0.2) is 21.7 Å². The molecular weight excluding hydrogens is 228 g/mol. The van der Waals surface area contributed by atoms with Gasteiger partial charge in [0.1, 0.15) is 6.04 Å². The Morgan fingerprint density at radius 2 is 2.28 bits per heavy atom. The zero-order chi connectivity index (χ0) is 12.7. The number of nitrogens with zero attached hydrogens (tertiary/aromatic N) is 1. The summed E-state index contributed by atoms with van der Waals surface area (Å²) in [5.74, 6) is -0.718. The first-order valence-electron chi connectivity index (χ1n) is 6.84. The van der Waals surface area contributed by atoms with Gasteiger partial charge in [0, 0.05) is 24.0 Å². The lowest BCUT2D eigenvalue weighted by atomic mass is 9.96. The second kappa shape index (κ2) is 4.43. The third-order valence-electron chi connectivity index (χ3n) is 4.30. The summed E-state index contributed by atoms with van der Waals surface area (Å²) in [4.78, 5) is 11.1. The number of rotatable bonds is 2. The van der Waals surface area contributed by atoms with Gasteiger partial charge in [0.05, 0.1) is 0 Å². The van der Waals surface area contributed by atoms with Crippen molar-refractivity contribution < 1.29 is 9.90 Å². The van der Waals surface area contributed by atoms with Crippen LogP contribution in [0.25, 0.3) is 0 Å². The highest BCUT2D eigenvalue weighted by Gasteiger charge is 2.30. The molecule has 4 nitrogen and oxygen atoms in total. The van der Waals surface area contributed by atoms with Crippen molar-refractivity contribution in [2.24, 2.45) is 0 Å². The second-order valence-corrected chi connectivity index (χ2v) is 5.50. The third-order valence-corrected chi connectivity index (χ3v) is 4.30. The van der Waals surface area contributed by atoms with Crippen LogP contribution >= 0.6 is 0 Å². The van der Waals surface area contributed by atoms with E-state index in [1.54, 1.807) is 0 Å². The van der Waals surface area contributed by atoms with Crippen LogP contribution < -0.4 is 5.32 Å². The normalized spacial score (nSPS) is 27.2. The Bertz CT molecular complexity index is 478. The van der Waals surface area contributed by atoms with Gasteiger partial charge < -0.3 is 9.67 Å². The fourth-order valence-corrected chi connectivity index (χ4v) is 3.40. The monoisotopic (exact) mass is 248 g/mol. The highest BCUT2D eigenvalue weighted by Crippen LogP contribution is 2.32. The highest BCUT2D eigenvalue weighted by atomic mass is 16.4. The standard InChI is InChI=1S/C14H20N2O2/c1-9-8-13(16-7-3-6-12(9)16)10-4-2-5-11(15-10)14(17)18/h8,10-11,15H,2-7H2,1H3,(H,17,18). The van der Waals surface area contributed by atoms with Gasteiger partial charge in [-0.1, -0.05) is 0 Å². The minimum atomic E-state index is -0.718. The summed E-state index contributed by atoms with van der Waals surface area (Å²) in [6.45, 7) is 3.26. The van der Waals surface area contributed by atoms with E-state index in [2.05, 4.69) is 22.9 Å². The topological polar surface area (TPSA) is 54.3 Å².